The smallest absolute Gasteiger partial charge is 0.258 e. The highest BCUT2D eigenvalue weighted by molar-refractivity contribution is 7.88. The summed E-state index contributed by atoms with van der Waals surface area (Å²) in [6, 6.07) is 6.99. The maximum atomic E-state index is 13.6. The molecular formula is C14H11ClF2N2O4S. The lowest BCUT2D eigenvalue weighted by atomic mass is 10.2. The van der Waals surface area contributed by atoms with Crippen LogP contribution in [0.5, 0.6) is 0 Å². The predicted octanol–water partition coefficient (Wildman–Crippen LogP) is 3.15. The van der Waals surface area contributed by atoms with Crippen LogP contribution >= 0.6 is 11.6 Å². The Labute approximate surface area is 141 Å². The number of halogens is 3. The molecule has 0 atom stereocenters. The van der Waals surface area contributed by atoms with Crippen molar-refractivity contribution in [3.05, 3.63) is 74.3 Å². The van der Waals surface area contributed by atoms with Gasteiger partial charge in [0.2, 0.25) is 10.0 Å². The zero-order chi connectivity index (χ0) is 17.9. The van der Waals surface area contributed by atoms with Crippen molar-refractivity contribution in [2.75, 3.05) is 0 Å². The van der Waals surface area contributed by atoms with Crippen molar-refractivity contribution >= 4 is 27.3 Å². The van der Waals surface area contributed by atoms with E-state index in [0.29, 0.717) is 0 Å². The van der Waals surface area contributed by atoms with E-state index in [1.807, 2.05) is 0 Å². The van der Waals surface area contributed by atoms with E-state index in [4.69, 9.17) is 11.6 Å². The van der Waals surface area contributed by atoms with Crippen LogP contribution in [-0.4, -0.2) is 13.3 Å². The van der Waals surface area contributed by atoms with Gasteiger partial charge in [-0.15, -0.1) is 0 Å². The number of para-hydroxylation sites is 1. The van der Waals surface area contributed by atoms with Crippen molar-refractivity contribution < 1.29 is 22.1 Å². The second-order valence-corrected chi connectivity index (χ2v) is 6.97. The van der Waals surface area contributed by atoms with Gasteiger partial charge in [-0.25, -0.2) is 21.9 Å². The molecule has 0 radical (unpaired) electrons. The second kappa shape index (κ2) is 7.20. The van der Waals surface area contributed by atoms with Gasteiger partial charge >= 0.3 is 0 Å². The maximum absolute atomic E-state index is 13.6. The van der Waals surface area contributed by atoms with Gasteiger partial charge < -0.3 is 0 Å². The summed E-state index contributed by atoms with van der Waals surface area (Å²) in [6.45, 7) is -0.578. The minimum Gasteiger partial charge on any atom is -0.258 e. The monoisotopic (exact) mass is 376 g/mol. The molecule has 0 aromatic heterocycles. The van der Waals surface area contributed by atoms with Crippen LogP contribution in [0.15, 0.2) is 36.4 Å². The van der Waals surface area contributed by atoms with Gasteiger partial charge in [0.15, 0.2) is 0 Å². The van der Waals surface area contributed by atoms with Crippen molar-refractivity contribution in [2.24, 2.45) is 0 Å². The number of nitrogens with zero attached hydrogens (tertiary/aromatic N) is 1. The molecule has 10 heteroatoms. The van der Waals surface area contributed by atoms with Gasteiger partial charge in [0.1, 0.15) is 11.6 Å². The third kappa shape index (κ3) is 4.25. The van der Waals surface area contributed by atoms with E-state index in [-0.39, 0.29) is 16.8 Å². The third-order valence-electron chi connectivity index (χ3n) is 3.14. The molecule has 0 amide bonds. The fourth-order valence-corrected chi connectivity index (χ4v) is 3.32. The highest BCUT2D eigenvalue weighted by Crippen LogP contribution is 2.24. The Balaban J connectivity index is 2.19. The minimum absolute atomic E-state index is 0.0270. The van der Waals surface area contributed by atoms with Crippen molar-refractivity contribution in [3.8, 4) is 0 Å². The standard InChI is InChI=1S/C14H11ClF2N2O4S/c15-14-10(11(16)5-6-12(14)17)7-18-24(22,23)8-9-3-1-2-4-13(9)19(20)21/h1-6,18H,7-8H2. The van der Waals surface area contributed by atoms with Crippen LogP contribution in [0, 0.1) is 21.7 Å². The molecule has 128 valence electrons. The quantitative estimate of drug-likeness (QED) is 0.476. The molecule has 0 spiro atoms. The lowest BCUT2D eigenvalue weighted by molar-refractivity contribution is -0.385. The Hall–Kier alpha value is -2.10. The van der Waals surface area contributed by atoms with Crippen LogP contribution in [0.4, 0.5) is 14.5 Å². The van der Waals surface area contributed by atoms with Crippen molar-refractivity contribution in [3.63, 3.8) is 0 Å². The number of hydrogen-bond donors (Lipinski definition) is 1. The molecule has 0 saturated carbocycles. The number of benzene rings is 2. The highest BCUT2D eigenvalue weighted by Gasteiger charge is 2.21. The number of hydrogen-bond acceptors (Lipinski definition) is 4. The second-order valence-electron chi connectivity index (χ2n) is 4.79. The average molecular weight is 377 g/mol. The largest absolute Gasteiger partial charge is 0.273 e. The molecular weight excluding hydrogens is 366 g/mol. The molecule has 2 aromatic rings. The van der Waals surface area contributed by atoms with Gasteiger partial charge in [-0.2, -0.15) is 0 Å². The highest BCUT2D eigenvalue weighted by atomic mass is 35.5. The summed E-state index contributed by atoms with van der Waals surface area (Å²) in [6.07, 6.45) is 0. The topological polar surface area (TPSA) is 89.3 Å². The van der Waals surface area contributed by atoms with Gasteiger partial charge in [-0.1, -0.05) is 29.8 Å². The van der Waals surface area contributed by atoms with Crippen LogP contribution in [0.2, 0.25) is 5.02 Å². The first-order valence-corrected chi connectivity index (χ1v) is 8.56. The molecule has 6 nitrogen and oxygen atoms in total. The number of nitro benzene ring substituents is 1. The molecule has 0 aliphatic rings. The number of rotatable bonds is 6. The van der Waals surface area contributed by atoms with Gasteiger partial charge in [-0.3, -0.25) is 10.1 Å². The van der Waals surface area contributed by atoms with Gasteiger partial charge in [-0.05, 0) is 12.1 Å². The summed E-state index contributed by atoms with van der Waals surface area (Å²) in [5, 5.41) is 10.4. The number of nitro groups is 1. The summed E-state index contributed by atoms with van der Waals surface area (Å²) in [4.78, 5) is 10.2. The lowest BCUT2D eigenvalue weighted by Crippen LogP contribution is -2.25. The summed E-state index contributed by atoms with van der Waals surface area (Å²) in [5.74, 6) is -2.43. The normalized spacial score (nSPS) is 11.5. The molecule has 1 N–H and O–H groups in total. The molecule has 0 aliphatic carbocycles. The Morgan fingerprint density at radius 1 is 1.12 bits per heavy atom. The summed E-state index contributed by atoms with van der Waals surface area (Å²) < 4.78 is 53.1. The predicted molar refractivity (Wildman–Crippen MR) is 83.9 cm³/mol. The first kappa shape index (κ1) is 18.2. The molecule has 0 fully saturated rings. The van der Waals surface area contributed by atoms with Crippen LogP contribution in [0.1, 0.15) is 11.1 Å². The zero-order valence-electron chi connectivity index (χ0n) is 12.0. The third-order valence-corrected chi connectivity index (χ3v) is 4.83. The van der Waals surface area contributed by atoms with E-state index in [1.54, 1.807) is 0 Å². The Bertz CT molecular complexity index is 890. The van der Waals surface area contributed by atoms with Crippen molar-refractivity contribution in [2.45, 2.75) is 12.3 Å². The molecule has 24 heavy (non-hydrogen) atoms. The van der Waals surface area contributed by atoms with E-state index in [1.165, 1.54) is 24.3 Å². The summed E-state index contributed by atoms with van der Waals surface area (Å²) >= 11 is 5.62. The number of sulfonamides is 1. The minimum atomic E-state index is -4.04. The lowest BCUT2D eigenvalue weighted by Gasteiger charge is -2.10. The van der Waals surface area contributed by atoms with E-state index in [2.05, 4.69) is 4.72 Å². The van der Waals surface area contributed by atoms with Gasteiger partial charge in [0.05, 0.1) is 15.7 Å². The molecule has 0 heterocycles. The van der Waals surface area contributed by atoms with Crippen molar-refractivity contribution in [1.29, 1.82) is 0 Å². The van der Waals surface area contributed by atoms with Crippen molar-refractivity contribution in [1.82, 2.24) is 4.72 Å². The van der Waals surface area contributed by atoms with Crippen LogP contribution < -0.4 is 4.72 Å². The maximum Gasteiger partial charge on any atom is 0.273 e. The van der Waals surface area contributed by atoms with Crippen LogP contribution in [-0.2, 0) is 22.3 Å². The summed E-state index contributed by atoms with van der Waals surface area (Å²) in [5.41, 5.74) is -0.721. The molecule has 0 bridgehead atoms. The summed E-state index contributed by atoms with van der Waals surface area (Å²) in [7, 11) is -4.04. The van der Waals surface area contributed by atoms with Gasteiger partial charge in [0.25, 0.3) is 5.69 Å². The fourth-order valence-electron chi connectivity index (χ4n) is 1.98. The molecule has 0 saturated heterocycles. The first-order chi connectivity index (χ1) is 11.2. The Kier molecular flexibility index (Phi) is 5.47. The van der Waals surface area contributed by atoms with E-state index < -0.39 is 43.9 Å². The Morgan fingerprint density at radius 2 is 1.75 bits per heavy atom. The van der Waals surface area contributed by atoms with Crippen LogP contribution in [0.3, 0.4) is 0 Å². The first-order valence-electron chi connectivity index (χ1n) is 6.53. The molecule has 0 aliphatic heterocycles. The van der Waals surface area contributed by atoms with Gasteiger partial charge in [0, 0.05) is 23.7 Å². The molecule has 0 unspecified atom stereocenters. The van der Waals surface area contributed by atoms with E-state index in [0.717, 1.165) is 12.1 Å². The average Bonchev–Trinajstić information content (AvgIpc) is 2.51. The van der Waals surface area contributed by atoms with E-state index in [9.17, 15) is 27.3 Å². The molecule has 2 aromatic carbocycles. The number of nitrogens with one attached hydrogen (secondary N) is 1. The Morgan fingerprint density at radius 3 is 2.42 bits per heavy atom. The van der Waals surface area contributed by atoms with Crippen LogP contribution in [0.25, 0.3) is 0 Å². The molecule has 2 rings (SSSR count). The fraction of sp³-hybridized carbons (Fsp3) is 0.143. The van der Waals surface area contributed by atoms with E-state index >= 15 is 0 Å². The SMILES string of the molecule is O=[N+]([O-])c1ccccc1CS(=O)(=O)NCc1c(F)ccc(F)c1Cl. The zero-order valence-corrected chi connectivity index (χ0v) is 13.6.